The van der Waals surface area contributed by atoms with Crippen molar-refractivity contribution in [2.45, 2.75) is 110 Å². The zero-order chi connectivity index (χ0) is 15.6. The number of hydrogen-bond donors (Lipinski definition) is 0. The lowest BCUT2D eigenvalue weighted by Gasteiger charge is -2.15. The summed E-state index contributed by atoms with van der Waals surface area (Å²) in [4.78, 5) is 0. The lowest BCUT2D eigenvalue weighted by molar-refractivity contribution is 0.0437. The predicted molar refractivity (Wildman–Crippen MR) is 95.9 cm³/mol. The topological polar surface area (TPSA) is 9.23 Å². The zero-order valence-corrected chi connectivity index (χ0v) is 15.0. The standard InChI is InChI=1S/C20H40O/c1-4-7-8-9-10-11-12-13-14-15-16-17-18-20(6-3)21-19-5-2/h13-14,20H,4-12,15-19H2,1-3H3/b14-13-. The summed E-state index contributed by atoms with van der Waals surface area (Å²) in [6.07, 6.45) is 22.4. The van der Waals surface area contributed by atoms with E-state index in [0.29, 0.717) is 6.10 Å². The van der Waals surface area contributed by atoms with E-state index >= 15 is 0 Å². The van der Waals surface area contributed by atoms with E-state index in [4.69, 9.17) is 4.74 Å². The van der Waals surface area contributed by atoms with Crippen molar-refractivity contribution >= 4 is 0 Å². The summed E-state index contributed by atoms with van der Waals surface area (Å²) in [5, 5.41) is 0. The highest BCUT2D eigenvalue weighted by Gasteiger charge is 2.04. The molecule has 0 aliphatic rings. The van der Waals surface area contributed by atoms with Crippen LogP contribution in [0.3, 0.4) is 0 Å². The molecule has 0 saturated carbocycles. The van der Waals surface area contributed by atoms with Gasteiger partial charge in [0.05, 0.1) is 6.10 Å². The van der Waals surface area contributed by atoms with Gasteiger partial charge >= 0.3 is 0 Å². The molecular weight excluding hydrogens is 256 g/mol. The molecule has 0 aliphatic heterocycles. The Morgan fingerprint density at radius 2 is 1.33 bits per heavy atom. The van der Waals surface area contributed by atoms with Gasteiger partial charge in [0.25, 0.3) is 0 Å². The molecule has 0 N–H and O–H groups in total. The molecule has 0 aliphatic carbocycles. The molecule has 0 saturated heterocycles. The first-order valence-electron chi connectivity index (χ1n) is 9.61. The molecule has 0 aromatic heterocycles. The van der Waals surface area contributed by atoms with E-state index in [1.807, 2.05) is 0 Å². The number of allylic oxidation sites excluding steroid dienone is 2. The van der Waals surface area contributed by atoms with Crippen molar-refractivity contribution in [2.75, 3.05) is 6.61 Å². The maximum atomic E-state index is 5.82. The molecule has 0 rings (SSSR count). The van der Waals surface area contributed by atoms with Crippen LogP contribution < -0.4 is 0 Å². The fourth-order valence-corrected chi connectivity index (χ4v) is 2.60. The van der Waals surface area contributed by atoms with Gasteiger partial charge in [-0.2, -0.15) is 0 Å². The largest absolute Gasteiger partial charge is 0.378 e. The minimum atomic E-state index is 0.497. The summed E-state index contributed by atoms with van der Waals surface area (Å²) in [7, 11) is 0. The summed E-state index contributed by atoms with van der Waals surface area (Å²) in [6.45, 7) is 7.63. The Hall–Kier alpha value is -0.300. The molecule has 1 unspecified atom stereocenters. The van der Waals surface area contributed by atoms with Gasteiger partial charge in [-0.3, -0.25) is 0 Å². The second-order valence-corrected chi connectivity index (χ2v) is 6.21. The van der Waals surface area contributed by atoms with Crippen molar-refractivity contribution in [3.63, 3.8) is 0 Å². The van der Waals surface area contributed by atoms with Gasteiger partial charge in [-0.1, -0.05) is 71.4 Å². The number of ether oxygens (including phenoxy) is 1. The van der Waals surface area contributed by atoms with Gasteiger partial charge in [0.1, 0.15) is 0 Å². The highest BCUT2D eigenvalue weighted by Crippen LogP contribution is 2.11. The van der Waals surface area contributed by atoms with Crippen molar-refractivity contribution in [2.24, 2.45) is 0 Å². The molecule has 1 nitrogen and oxygen atoms in total. The molecule has 0 heterocycles. The number of hydrogen-bond acceptors (Lipinski definition) is 1. The van der Waals surface area contributed by atoms with E-state index in [2.05, 4.69) is 32.9 Å². The van der Waals surface area contributed by atoms with E-state index in [-0.39, 0.29) is 0 Å². The summed E-state index contributed by atoms with van der Waals surface area (Å²) < 4.78 is 5.82. The molecule has 0 bridgehead atoms. The molecule has 0 amide bonds. The summed E-state index contributed by atoms with van der Waals surface area (Å²) in [6, 6.07) is 0. The van der Waals surface area contributed by atoms with E-state index in [0.717, 1.165) is 19.4 Å². The average Bonchev–Trinajstić information content (AvgIpc) is 2.51. The Morgan fingerprint density at radius 1 is 0.714 bits per heavy atom. The SMILES string of the molecule is CCCCCCCC/C=C\CCCCC(CC)OCCC. The lowest BCUT2D eigenvalue weighted by Crippen LogP contribution is -2.12. The second-order valence-electron chi connectivity index (χ2n) is 6.21. The van der Waals surface area contributed by atoms with Gasteiger partial charge in [0, 0.05) is 6.61 Å². The third kappa shape index (κ3) is 15.9. The van der Waals surface area contributed by atoms with E-state index in [1.54, 1.807) is 0 Å². The molecular formula is C20H40O. The van der Waals surface area contributed by atoms with Crippen molar-refractivity contribution in [3.05, 3.63) is 12.2 Å². The van der Waals surface area contributed by atoms with Crippen molar-refractivity contribution in [3.8, 4) is 0 Å². The Morgan fingerprint density at radius 3 is 1.95 bits per heavy atom. The zero-order valence-electron chi connectivity index (χ0n) is 15.0. The minimum Gasteiger partial charge on any atom is -0.378 e. The molecule has 0 radical (unpaired) electrons. The van der Waals surface area contributed by atoms with Crippen LogP contribution in [0.25, 0.3) is 0 Å². The molecule has 0 aromatic rings. The van der Waals surface area contributed by atoms with Gasteiger partial charge in [-0.05, 0) is 44.9 Å². The Labute approximate surface area is 134 Å². The molecule has 126 valence electrons. The monoisotopic (exact) mass is 296 g/mol. The van der Waals surface area contributed by atoms with E-state index in [1.165, 1.54) is 70.6 Å². The third-order valence-electron chi connectivity index (χ3n) is 4.05. The highest BCUT2D eigenvalue weighted by molar-refractivity contribution is 4.81. The minimum absolute atomic E-state index is 0.497. The first kappa shape index (κ1) is 20.7. The van der Waals surface area contributed by atoms with E-state index < -0.39 is 0 Å². The summed E-state index contributed by atoms with van der Waals surface area (Å²) in [5.74, 6) is 0. The Kier molecular flexibility index (Phi) is 17.5. The van der Waals surface area contributed by atoms with Crippen LogP contribution in [0.4, 0.5) is 0 Å². The maximum Gasteiger partial charge on any atom is 0.0572 e. The predicted octanol–water partition coefficient (Wildman–Crippen LogP) is 7.06. The quantitative estimate of drug-likeness (QED) is 0.219. The van der Waals surface area contributed by atoms with E-state index in [9.17, 15) is 0 Å². The summed E-state index contributed by atoms with van der Waals surface area (Å²) >= 11 is 0. The van der Waals surface area contributed by atoms with Gasteiger partial charge in [-0.25, -0.2) is 0 Å². The molecule has 21 heavy (non-hydrogen) atoms. The Balaban J connectivity index is 3.27. The lowest BCUT2D eigenvalue weighted by atomic mass is 10.1. The molecule has 0 spiro atoms. The maximum absolute atomic E-state index is 5.82. The van der Waals surface area contributed by atoms with Crippen LogP contribution in [0.15, 0.2) is 12.2 Å². The van der Waals surface area contributed by atoms with Crippen LogP contribution in [0.5, 0.6) is 0 Å². The first-order chi connectivity index (χ1) is 10.3. The van der Waals surface area contributed by atoms with Crippen molar-refractivity contribution in [1.29, 1.82) is 0 Å². The molecule has 0 aromatic carbocycles. The van der Waals surface area contributed by atoms with Crippen LogP contribution >= 0.6 is 0 Å². The fraction of sp³-hybridized carbons (Fsp3) is 0.900. The first-order valence-corrected chi connectivity index (χ1v) is 9.61. The number of unbranched alkanes of at least 4 members (excludes halogenated alkanes) is 8. The van der Waals surface area contributed by atoms with Crippen LogP contribution in [-0.4, -0.2) is 12.7 Å². The average molecular weight is 297 g/mol. The molecule has 0 fully saturated rings. The van der Waals surface area contributed by atoms with Gasteiger partial charge in [0.2, 0.25) is 0 Å². The van der Waals surface area contributed by atoms with Crippen LogP contribution in [0, 0.1) is 0 Å². The smallest absolute Gasteiger partial charge is 0.0572 e. The van der Waals surface area contributed by atoms with Crippen molar-refractivity contribution < 1.29 is 4.74 Å². The van der Waals surface area contributed by atoms with Gasteiger partial charge < -0.3 is 4.74 Å². The molecule has 1 heteroatoms. The Bertz CT molecular complexity index is 210. The summed E-state index contributed by atoms with van der Waals surface area (Å²) in [5.41, 5.74) is 0. The van der Waals surface area contributed by atoms with Crippen molar-refractivity contribution in [1.82, 2.24) is 0 Å². The van der Waals surface area contributed by atoms with Gasteiger partial charge in [0.15, 0.2) is 0 Å². The second kappa shape index (κ2) is 17.8. The highest BCUT2D eigenvalue weighted by atomic mass is 16.5. The normalized spacial score (nSPS) is 13.1. The van der Waals surface area contributed by atoms with Crippen LogP contribution in [-0.2, 0) is 4.74 Å². The fourth-order valence-electron chi connectivity index (χ4n) is 2.60. The van der Waals surface area contributed by atoms with Crippen LogP contribution in [0.2, 0.25) is 0 Å². The molecule has 1 atom stereocenters. The number of rotatable bonds is 16. The van der Waals surface area contributed by atoms with Gasteiger partial charge in [-0.15, -0.1) is 0 Å². The third-order valence-corrected chi connectivity index (χ3v) is 4.05. The van der Waals surface area contributed by atoms with Crippen LogP contribution in [0.1, 0.15) is 104 Å².